The predicted octanol–water partition coefficient (Wildman–Crippen LogP) is 4.18. The van der Waals surface area contributed by atoms with Crippen molar-refractivity contribution in [1.29, 1.82) is 0 Å². The fourth-order valence-corrected chi connectivity index (χ4v) is 2.58. The summed E-state index contributed by atoms with van der Waals surface area (Å²) >= 11 is 5.93. The molecule has 0 atom stereocenters. The van der Waals surface area contributed by atoms with Gasteiger partial charge in [-0.1, -0.05) is 35.9 Å². The molecule has 0 radical (unpaired) electrons. The van der Waals surface area contributed by atoms with Crippen LogP contribution >= 0.6 is 11.6 Å². The molecule has 2 aromatic rings. The lowest BCUT2D eigenvalue weighted by atomic mass is 10.1. The number of unbranched alkanes of at least 4 members (excludes halogenated alkanes) is 1. The quantitative estimate of drug-likeness (QED) is 0.588. The fourth-order valence-electron chi connectivity index (χ4n) is 2.45. The molecule has 0 saturated heterocycles. The summed E-state index contributed by atoms with van der Waals surface area (Å²) in [5.41, 5.74) is 2.11. The van der Waals surface area contributed by atoms with Crippen LogP contribution in [0, 0.1) is 0 Å². The van der Waals surface area contributed by atoms with E-state index >= 15 is 0 Å². The van der Waals surface area contributed by atoms with E-state index < -0.39 is 0 Å². The zero-order valence-corrected chi connectivity index (χ0v) is 15.4. The van der Waals surface area contributed by atoms with Crippen LogP contribution in [0.4, 0.5) is 0 Å². The van der Waals surface area contributed by atoms with Crippen molar-refractivity contribution in [1.82, 2.24) is 5.32 Å². The Labute approximate surface area is 154 Å². The molecule has 0 heterocycles. The lowest BCUT2D eigenvalue weighted by Gasteiger charge is -2.16. The first-order valence-electron chi connectivity index (χ1n) is 8.68. The van der Waals surface area contributed by atoms with Crippen LogP contribution in [0.3, 0.4) is 0 Å². The van der Waals surface area contributed by atoms with Crippen molar-refractivity contribution in [2.75, 3.05) is 19.8 Å². The minimum Gasteiger partial charge on any atom is -0.490 e. The molecule has 4 nitrogen and oxygen atoms in total. The van der Waals surface area contributed by atoms with Gasteiger partial charge in [0.05, 0.1) is 6.61 Å². The Morgan fingerprint density at radius 1 is 1.04 bits per heavy atom. The molecule has 0 fully saturated rings. The van der Waals surface area contributed by atoms with E-state index in [0.29, 0.717) is 24.8 Å². The zero-order valence-electron chi connectivity index (χ0n) is 14.6. The van der Waals surface area contributed by atoms with Crippen molar-refractivity contribution >= 4 is 11.6 Å². The summed E-state index contributed by atoms with van der Waals surface area (Å²) in [4.78, 5) is 0. The maximum Gasteiger partial charge on any atom is 0.166 e. The van der Waals surface area contributed by atoms with E-state index in [1.807, 2.05) is 49.4 Å². The first kappa shape index (κ1) is 19.6. The molecule has 0 amide bonds. The Balaban J connectivity index is 2.04. The Kier molecular flexibility index (Phi) is 8.60. The lowest BCUT2D eigenvalue weighted by molar-refractivity contribution is 0.266. The van der Waals surface area contributed by atoms with E-state index in [1.165, 1.54) is 0 Å². The Morgan fingerprint density at radius 3 is 2.56 bits per heavy atom. The third-order valence-corrected chi connectivity index (χ3v) is 3.99. The molecule has 2 rings (SSSR count). The van der Waals surface area contributed by atoms with Crippen LogP contribution in [0.15, 0.2) is 42.5 Å². The number of halogens is 1. The minimum atomic E-state index is 0.233. The number of aliphatic hydroxyl groups is 1. The van der Waals surface area contributed by atoms with Crippen molar-refractivity contribution in [3.8, 4) is 11.5 Å². The van der Waals surface area contributed by atoms with Gasteiger partial charge in [0.2, 0.25) is 0 Å². The smallest absolute Gasteiger partial charge is 0.166 e. The Hall–Kier alpha value is -1.75. The molecule has 0 unspecified atom stereocenters. The molecule has 0 aromatic heterocycles. The summed E-state index contributed by atoms with van der Waals surface area (Å²) in [5, 5.41) is 12.9. The molecule has 0 aliphatic heterocycles. The van der Waals surface area contributed by atoms with Crippen LogP contribution in [-0.2, 0) is 13.2 Å². The van der Waals surface area contributed by atoms with Gasteiger partial charge in [0.1, 0.15) is 6.61 Å². The van der Waals surface area contributed by atoms with Crippen LogP contribution < -0.4 is 14.8 Å². The second-order valence-electron chi connectivity index (χ2n) is 5.70. The van der Waals surface area contributed by atoms with Crippen molar-refractivity contribution in [3.63, 3.8) is 0 Å². The van der Waals surface area contributed by atoms with Crippen LogP contribution in [0.25, 0.3) is 0 Å². The van der Waals surface area contributed by atoms with Crippen molar-refractivity contribution in [3.05, 3.63) is 58.6 Å². The van der Waals surface area contributed by atoms with Gasteiger partial charge in [0.25, 0.3) is 0 Å². The molecule has 2 N–H and O–H groups in total. The number of hydrogen-bond acceptors (Lipinski definition) is 4. The maximum atomic E-state index is 8.84. The van der Waals surface area contributed by atoms with Crippen molar-refractivity contribution in [2.24, 2.45) is 0 Å². The van der Waals surface area contributed by atoms with Gasteiger partial charge in [-0.25, -0.2) is 0 Å². The van der Waals surface area contributed by atoms with Gasteiger partial charge >= 0.3 is 0 Å². The largest absolute Gasteiger partial charge is 0.490 e. The van der Waals surface area contributed by atoms with Crippen LogP contribution in [0.2, 0.25) is 5.02 Å². The molecule has 0 saturated carbocycles. The lowest BCUT2D eigenvalue weighted by Crippen LogP contribution is -2.16. The van der Waals surface area contributed by atoms with Gasteiger partial charge in [0, 0.05) is 23.7 Å². The van der Waals surface area contributed by atoms with E-state index in [-0.39, 0.29) is 6.61 Å². The first-order valence-corrected chi connectivity index (χ1v) is 9.06. The summed E-state index contributed by atoms with van der Waals surface area (Å²) in [6, 6.07) is 13.6. The Bertz CT molecular complexity index is 631. The number of ether oxygens (including phenoxy) is 2. The monoisotopic (exact) mass is 363 g/mol. The van der Waals surface area contributed by atoms with Crippen LogP contribution in [0.5, 0.6) is 11.5 Å². The van der Waals surface area contributed by atoms with Gasteiger partial charge in [-0.05, 0) is 50.1 Å². The average molecular weight is 364 g/mol. The minimum absolute atomic E-state index is 0.233. The summed E-state index contributed by atoms with van der Waals surface area (Å²) in [7, 11) is 0. The number of nitrogens with one attached hydrogen (secondary N) is 1. The van der Waals surface area contributed by atoms with Gasteiger partial charge < -0.3 is 19.9 Å². The number of rotatable bonds is 11. The van der Waals surface area contributed by atoms with Gasteiger partial charge in [-0.15, -0.1) is 0 Å². The highest BCUT2D eigenvalue weighted by Gasteiger charge is 2.11. The molecule has 0 spiro atoms. The molecule has 0 aliphatic rings. The topological polar surface area (TPSA) is 50.7 Å². The fraction of sp³-hybridized carbons (Fsp3) is 0.400. The SMILES string of the molecule is CCOc1cccc(CNCCCCO)c1OCc1ccc(Cl)cc1. The molecule has 136 valence electrons. The number of hydrogen-bond donors (Lipinski definition) is 2. The number of para-hydroxylation sites is 1. The van der Waals surface area contributed by atoms with Crippen molar-refractivity contribution < 1.29 is 14.6 Å². The normalized spacial score (nSPS) is 10.7. The Morgan fingerprint density at radius 2 is 1.84 bits per heavy atom. The summed E-state index contributed by atoms with van der Waals surface area (Å²) in [5.74, 6) is 1.53. The molecular weight excluding hydrogens is 338 g/mol. The number of benzene rings is 2. The van der Waals surface area contributed by atoms with E-state index in [1.54, 1.807) is 0 Å². The molecular formula is C20H26ClNO3. The second kappa shape index (κ2) is 11.0. The van der Waals surface area contributed by atoms with Gasteiger partial charge in [0.15, 0.2) is 11.5 Å². The second-order valence-corrected chi connectivity index (χ2v) is 6.14. The average Bonchev–Trinajstić information content (AvgIpc) is 2.62. The molecule has 0 aliphatic carbocycles. The van der Waals surface area contributed by atoms with Gasteiger partial charge in [-0.3, -0.25) is 0 Å². The highest BCUT2D eigenvalue weighted by Crippen LogP contribution is 2.32. The van der Waals surface area contributed by atoms with Crippen molar-refractivity contribution in [2.45, 2.75) is 32.9 Å². The highest BCUT2D eigenvalue weighted by atomic mass is 35.5. The van der Waals surface area contributed by atoms with E-state index in [4.69, 9.17) is 26.2 Å². The summed E-state index contributed by atoms with van der Waals surface area (Å²) in [6.45, 7) is 4.79. The zero-order chi connectivity index (χ0) is 17.9. The molecule has 2 aromatic carbocycles. The summed E-state index contributed by atoms with van der Waals surface area (Å²) < 4.78 is 11.8. The standard InChI is InChI=1S/C20H26ClNO3/c1-2-24-19-7-5-6-17(14-22-12-3-4-13-23)20(19)25-15-16-8-10-18(21)11-9-16/h5-11,22-23H,2-4,12-15H2,1H3. The molecule has 25 heavy (non-hydrogen) atoms. The van der Waals surface area contributed by atoms with Crippen LogP contribution in [0.1, 0.15) is 30.9 Å². The van der Waals surface area contributed by atoms with Gasteiger partial charge in [-0.2, -0.15) is 0 Å². The number of aliphatic hydroxyl groups excluding tert-OH is 1. The molecule has 5 heteroatoms. The van der Waals surface area contributed by atoms with Crippen LogP contribution in [-0.4, -0.2) is 24.9 Å². The maximum absolute atomic E-state index is 8.84. The highest BCUT2D eigenvalue weighted by molar-refractivity contribution is 6.30. The predicted molar refractivity (Wildman–Crippen MR) is 101 cm³/mol. The van der Waals surface area contributed by atoms with E-state index in [2.05, 4.69) is 5.32 Å². The third kappa shape index (κ3) is 6.58. The van der Waals surface area contributed by atoms with E-state index in [0.717, 1.165) is 42.0 Å². The van der Waals surface area contributed by atoms with E-state index in [9.17, 15) is 0 Å². The first-order chi connectivity index (χ1) is 12.2. The molecule has 0 bridgehead atoms. The summed E-state index contributed by atoms with van der Waals surface area (Å²) in [6.07, 6.45) is 1.76. The third-order valence-electron chi connectivity index (χ3n) is 3.73.